The van der Waals surface area contributed by atoms with Crippen molar-refractivity contribution < 1.29 is 0 Å². The van der Waals surface area contributed by atoms with Crippen molar-refractivity contribution in [2.45, 2.75) is 12.8 Å². The summed E-state index contributed by atoms with van der Waals surface area (Å²) in [5.74, 6) is 0. The van der Waals surface area contributed by atoms with Crippen LogP contribution in [-0.4, -0.2) is 11.5 Å². The number of nitrogens with one attached hydrogen (secondary N) is 1. The van der Waals surface area contributed by atoms with Gasteiger partial charge in [0, 0.05) is 30.5 Å². The van der Waals surface area contributed by atoms with Crippen LogP contribution in [0.2, 0.25) is 0 Å². The van der Waals surface area contributed by atoms with Crippen LogP contribution in [0.25, 0.3) is 0 Å². The van der Waals surface area contributed by atoms with Crippen molar-refractivity contribution >= 4 is 5.69 Å². The van der Waals surface area contributed by atoms with E-state index in [0.29, 0.717) is 0 Å². The predicted molar refractivity (Wildman–Crippen MR) is 65.7 cm³/mol. The molecular weight excluding hydrogens is 196 g/mol. The first kappa shape index (κ1) is 9.40. The van der Waals surface area contributed by atoms with E-state index in [1.807, 2.05) is 18.3 Å². The molecule has 1 N–H and O–H groups in total. The van der Waals surface area contributed by atoms with Crippen LogP contribution in [0.15, 0.2) is 42.6 Å². The maximum absolute atomic E-state index is 4.35. The molecule has 1 aromatic heterocycles. The predicted octanol–water partition coefficient (Wildman–Crippen LogP) is 2.64. The number of benzene rings is 1. The van der Waals surface area contributed by atoms with Gasteiger partial charge in [0.05, 0.1) is 0 Å². The Morgan fingerprint density at radius 2 is 2.19 bits per heavy atom. The molecule has 80 valence electrons. The molecule has 0 spiro atoms. The average molecular weight is 210 g/mol. The summed E-state index contributed by atoms with van der Waals surface area (Å²) in [7, 11) is 0. The third-order valence-corrected chi connectivity index (χ3v) is 3.00. The first-order chi connectivity index (χ1) is 7.92. The number of pyridine rings is 1. The van der Waals surface area contributed by atoms with E-state index >= 15 is 0 Å². The van der Waals surface area contributed by atoms with Crippen LogP contribution in [0, 0.1) is 0 Å². The van der Waals surface area contributed by atoms with Crippen LogP contribution in [0.1, 0.15) is 16.8 Å². The number of anilines is 1. The van der Waals surface area contributed by atoms with E-state index in [0.717, 1.165) is 25.1 Å². The molecule has 2 heterocycles. The highest BCUT2D eigenvalue weighted by atomic mass is 14.9. The Balaban J connectivity index is 1.86. The summed E-state index contributed by atoms with van der Waals surface area (Å²) in [6.45, 7) is 1.07. The van der Waals surface area contributed by atoms with Crippen LogP contribution < -0.4 is 5.32 Å². The van der Waals surface area contributed by atoms with E-state index in [1.54, 1.807) is 0 Å². The van der Waals surface area contributed by atoms with E-state index in [2.05, 4.69) is 34.6 Å². The van der Waals surface area contributed by atoms with Crippen LogP contribution in [0.4, 0.5) is 5.69 Å². The van der Waals surface area contributed by atoms with Gasteiger partial charge in [0.15, 0.2) is 0 Å². The van der Waals surface area contributed by atoms with Crippen molar-refractivity contribution in [1.29, 1.82) is 0 Å². The van der Waals surface area contributed by atoms with E-state index in [4.69, 9.17) is 0 Å². The summed E-state index contributed by atoms with van der Waals surface area (Å²) in [5, 5.41) is 3.41. The highest BCUT2D eigenvalue weighted by molar-refractivity contribution is 5.57. The topological polar surface area (TPSA) is 24.9 Å². The standard InChI is InChI=1S/C14H14N2/c1-2-7-15-13(3-1)9-11-4-5-12-6-8-16-14(12)10-11/h1-5,7,10,16H,6,8-9H2. The zero-order chi connectivity index (χ0) is 10.8. The molecular formula is C14H14N2. The molecule has 1 aromatic carbocycles. The molecule has 0 amide bonds. The summed E-state index contributed by atoms with van der Waals surface area (Å²) in [5.41, 5.74) is 5.19. The Morgan fingerprint density at radius 1 is 1.19 bits per heavy atom. The van der Waals surface area contributed by atoms with Gasteiger partial charge in [-0.3, -0.25) is 4.98 Å². The van der Waals surface area contributed by atoms with Gasteiger partial charge in [-0.15, -0.1) is 0 Å². The first-order valence-corrected chi connectivity index (χ1v) is 5.67. The lowest BCUT2D eigenvalue weighted by Gasteiger charge is -2.04. The number of hydrogen-bond acceptors (Lipinski definition) is 2. The summed E-state index contributed by atoms with van der Waals surface area (Å²) in [6, 6.07) is 12.7. The highest BCUT2D eigenvalue weighted by Crippen LogP contribution is 2.24. The summed E-state index contributed by atoms with van der Waals surface area (Å²) < 4.78 is 0. The molecule has 1 aliphatic heterocycles. The number of rotatable bonds is 2. The molecule has 2 aromatic rings. The van der Waals surface area contributed by atoms with Crippen LogP contribution in [0.5, 0.6) is 0 Å². The van der Waals surface area contributed by atoms with Crippen LogP contribution in [0.3, 0.4) is 0 Å². The quantitative estimate of drug-likeness (QED) is 0.824. The molecule has 0 fully saturated rings. The first-order valence-electron chi connectivity index (χ1n) is 5.67. The molecule has 3 rings (SSSR count). The summed E-state index contributed by atoms with van der Waals surface area (Å²) in [6.07, 6.45) is 3.91. The third-order valence-electron chi connectivity index (χ3n) is 3.00. The molecule has 2 heteroatoms. The SMILES string of the molecule is c1ccc(Cc2ccc3c(c2)NCC3)nc1. The zero-order valence-corrected chi connectivity index (χ0v) is 9.11. The Labute approximate surface area is 95.3 Å². The van der Waals surface area contributed by atoms with Crippen molar-refractivity contribution in [2.24, 2.45) is 0 Å². The van der Waals surface area contributed by atoms with Gasteiger partial charge >= 0.3 is 0 Å². The van der Waals surface area contributed by atoms with Gasteiger partial charge in [0.1, 0.15) is 0 Å². The van der Waals surface area contributed by atoms with Gasteiger partial charge in [-0.25, -0.2) is 0 Å². The lowest BCUT2D eigenvalue weighted by molar-refractivity contribution is 1.07. The monoisotopic (exact) mass is 210 g/mol. The third kappa shape index (κ3) is 1.78. The van der Waals surface area contributed by atoms with E-state index in [9.17, 15) is 0 Å². The molecule has 0 atom stereocenters. The lowest BCUT2D eigenvalue weighted by Crippen LogP contribution is -1.93. The fourth-order valence-corrected chi connectivity index (χ4v) is 2.16. The van der Waals surface area contributed by atoms with Crippen LogP contribution in [-0.2, 0) is 12.8 Å². The van der Waals surface area contributed by atoms with Gasteiger partial charge in [-0.05, 0) is 35.7 Å². The zero-order valence-electron chi connectivity index (χ0n) is 9.11. The van der Waals surface area contributed by atoms with Gasteiger partial charge < -0.3 is 5.32 Å². The lowest BCUT2D eigenvalue weighted by atomic mass is 10.1. The number of nitrogens with zero attached hydrogens (tertiary/aromatic N) is 1. The molecule has 16 heavy (non-hydrogen) atoms. The normalized spacial score (nSPS) is 13.2. The van der Waals surface area contributed by atoms with Gasteiger partial charge in [-0.2, -0.15) is 0 Å². The Morgan fingerprint density at radius 3 is 3.06 bits per heavy atom. The van der Waals surface area contributed by atoms with Crippen molar-refractivity contribution in [3.05, 3.63) is 59.4 Å². The van der Waals surface area contributed by atoms with Crippen molar-refractivity contribution in [3.8, 4) is 0 Å². The van der Waals surface area contributed by atoms with Gasteiger partial charge in [0.2, 0.25) is 0 Å². The fraction of sp³-hybridized carbons (Fsp3) is 0.214. The second-order valence-electron chi connectivity index (χ2n) is 4.17. The number of aromatic nitrogens is 1. The molecule has 0 unspecified atom stereocenters. The van der Waals surface area contributed by atoms with Gasteiger partial charge in [0.25, 0.3) is 0 Å². The second-order valence-corrected chi connectivity index (χ2v) is 4.17. The maximum Gasteiger partial charge on any atom is 0.0447 e. The van der Waals surface area contributed by atoms with E-state index < -0.39 is 0 Å². The Kier molecular flexibility index (Phi) is 2.33. The molecule has 2 nitrogen and oxygen atoms in total. The smallest absolute Gasteiger partial charge is 0.0447 e. The van der Waals surface area contributed by atoms with Crippen LogP contribution >= 0.6 is 0 Å². The highest BCUT2D eigenvalue weighted by Gasteiger charge is 2.09. The number of fused-ring (bicyclic) bond motifs is 1. The minimum absolute atomic E-state index is 0.912. The maximum atomic E-state index is 4.35. The molecule has 0 bridgehead atoms. The average Bonchev–Trinajstić information content (AvgIpc) is 2.77. The van der Waals surface area contributed by atoms with Crippen molar-refractivity contribution in [3.63, 3.8) is 0 Å². The van der Waals surface area contributed by atoms with E-state index in [1.165, 1.54) is 16.8 Å². The summed E-state index contributed by atoms with van der Waals surface area (Å²) in [4.78, 5) is 4.35. The molecule has 0 aliphatic carbocycles. The second kappa shape index (κ2) is 3.97. The minimum atomic E-state index is 0.912. The van der Waals surface area contributed by atoms with E-state index in [-0.39, 0.29) is 0 Å². The molecule has 0 saturated heterocycles. The largest absolute Gasteiger partial charge is 0.384 e. The molecule has 0 radical (unpaired) electrons. The molecule has 0 saturated carbocycles. The summed E-state index contributed by atoms with van der Waals surface area (Å²) >= 11 is 0. The minimum Gasteiger partial charge on any atom is -0.384 e. The fourth-order valence-electron chi connectivity index (χ4n) is 2.16. The molecule has 1 aliphatic rings. The van der Waals surface area contributed by atoms with Crippen molar-refractivity contribution in [2.75, 3.05) is 11.9 Å². The van der Waals surface area contributed by atoms with Crippen molar-refractivity contribution in [1.82, 2.24) is 4.98 Å². The Bertz CT molecular complexity index is 491. The Hall–Kier alpha value is -1.83. The van der Waals surface area contributed by atoms with Gasteiger partial charge in [-0.1, -0.05) is 18.2 Å². The number of hydrogen-bond donors (Lipinski definition) is 1.